The predicted molar refractivity (Wildman–Crippen MR) is 226 cm³/mol. The maximum Gasteiger partial charge on any atom is 0.338 e. The van der Waals surface area contributed by atoms with Crippen molar-refractivity contribution < 1.29 is 57.2 Å². The Bertz CT molecular complexity index is 2490. The highest BCUT2D eigenvalue weighted by Crippen LogP contribution is 2.62. The van der Waals surface area contributed by atoms with Crippen LogP contribution in [0.1, 0.15) is 63.8 Å². The fourth-order valence-electron chi connectivity index (χ4n) is 6.27. The maximum atomic E-state index is 13.7. The summed E-state index contributed by atoms with van der Waals surface area (Å²) in [6, 6.07) is 19.2. The summed E-state index contributed by atoms with van der Waals surface area (Å²) < 4.78 is 35.5. The molecule has 0 saturated heterocycles. The average Bonchev–Trinajstić information content (AvgIpc) is 3.49. The maximum absolute atomic E-state index is 13.7. The minimum absolute atomic E-state index is 0.0103. The number of benzene rings is 4. The molecular formula is C49H42O12. The van der Waals surface area contributed by atoms with Crippen molar-refractivity contribution in [1.29, 1.82) is 0 Å². The first-order chi connectivity index (χ1) is 28.7. The summed E-state index contributed by atoms with van der Waals surface area (Å²) in [5.41, 5.74) is -0.116. The van der Waals surface area contributed by atoms with Gasteiger partial charge in [0, 0.05) is 56.7 Å². The molecule has 0 atom stereocenters. The summed E-state index contributed by atoms with van der Waals surface area (Å²) in [4.78, 5) is 80.6. The van der Waals surface area contributed by atoms with Gasteiger partial charge in [0.2, 0.25) is 0 Å². The van der Waals surface area contributed by atoms with Crippen LogP contribution in [0.3, 0.4) is 0 Å². The van der Waals surface area contributed by atoms with Crippen LogP contribution >= 0.6 is 0 Å². The van der Waals surface area contributed by atoms with Gasteiger partial charge in [0.25, 0.3) is 0 Å². The molecule has 0 unspecified atom stereocenters. The minimum Gasteiger partial charge on any atom is -0.423 e. The average molecular weight is 823 g/mol. The molecule has 5 rings (SSSR count). The molecule has 0 saturated carbocycles. The summed E-state index contributed by atoms with van der Waals surface area (Å²) in [5, 5.41) is 0. The quantitative estimate of drug-likeness (QED) is 0.0596. The van der Waals surface area contributed by atoms with E-state index < -0.39 is 52.7 Å². The van der Waals surface area contributed by atoms with Crippen molar-refractivity contribution in [2.75, 3.05) is 0 Å². The van der Waals surface area contributed by atoms with Crippen LogP contribution in [0.5, 0.6) is 34.5 Å². The molecule has 0 heterocycles. The molecule has 12 heteroatoms. The van der Waals surface area contributed by atoms with Crippen molar-refractivity contribution in [3.63, 3.8) is 0 Å². The molecule has 0 aromatic heterocycles. The summed E-state index contributed by atoms with van der Waals surface area (Å²) in [7, 11) is 0. The highest BCUT2D eigenvalue weighted by atomic mass is 16.6. The Balaban J connectivity index is 2.16. The molecule has 0 bridgehead atoms. The van der Waals surface area contributed by atoms with Gasteiger partial charge in [0.05, 0.1) is 5.41 Å². The summed E-state index contributed by atoms with van der Waals surface area (Å²) in [6.07, 6.45) is 0. The van der Waals surface area contributed by atoms with Gasteiger partial charge in [-0.2, -0.15) is 0 Å². The topological polar surface area (TPSA) is 158 Å². The van der Waals surface area contributed by atoms with Crippen LogP contribution in [-0.4, -0.2) is 35.8 Å². The van der Waals surface area contributed by atoms with E-state index in [1.165, 1.54) is 65.8 Å². The Morgan fingerprint density at radius 2 is 0.656 bits per heavy atom. The van der Waals surface area contributed by atoms with Gasteiger partial charge < -0.3 is 28.4 Å². The smallest absolute Gasteiger partial charge is 0.338 e. The molecule has 4 aromatic rings. The largest absolute Gasteiger partial charge is 0.423 e. The van der Waals surface area contributed by atoms with Crippen molar-refractivity contribution in [1.82, 2.24) is 0 Å². The van der Waals surface area contributed by atoms with E-state index in [1.807, 2.05) is 12.1 Å². The second kappa shape index (κ2) is 17.6. The molecule has 1 aliphatic rings. The van der Waals surface area contributed by atoms with Crippen LogP contribution in [0.4, 0.5) is 0 Å². The van der Waals surface area contributed by atoms with Crippen LogP contribution in [0.25, 0.3) is 11.1 Å². The van der Waals surface area contributed by atoms with Crippen LogP contribution in [0.2, 0.25) is 0 Å². The lowest BCUT2D eigenvalue weighted by Gasteiger charge is -2.36. The summed E-state index contributed by atoms with van der Waals surface area (Å²) >= 11 is 0. The number of esters is 6. The molecule has 0 radical (unpaired) electrons. The van der Waals surface area contributed by atoms with E-state index in [0.29, 0.717) is 22.3 Å². The Morgan fingerprint density at radius 1 is 0.377 bits per heavy atom. The van der Waals surface area contributed by atoms with Gasteiger partial charge in [0.1, 0.15) is 11.5 Å². The van der Waals surface area contributed by atoms with E-state index in [4.69, 9.17) is 28.4 Å². The van der Waals surface area contributed by atoms with Crippen LogP contribution in [0.15, 0.2) is 146 Å². The Kier molecular flexibility index (Phi) is 12.7. The first-order valence-electron chi connectivity index (χ1n) is 18.5. The highest BCUT2D eigenvalue weighted by Gasteiger charge is 2.52. The van der Waals surface area contributed by atoms with Crippen LogP contribution in [0, 0.1) is 0 Å². The van der Waals surface area contributed by atoms with Gasteiger partial charge in [-0.05, 0) is 75.9 Å². The van der Waals surface area contributed by atoms with Crippen LogP contribution < -0.4 is 28.4 Å². The number of hydrogen-bond acceptors (Lipinski definition) is 12. The normalized spacial score (nSPS) is 11.7. The number of hydrogen-bond donors (Lipinski definition) is 0. The predicted octanol–water partition coefficient (Wildman–Crippen LogP) is 8.94. The fraction of sp³-hybridized carbons (Fsp3) is 0.143. The lowest BCUT2D eigenvalue weighted by Crippen LogP contribution is -2.32. The first kappa shape index (κ1) is 44.2. The molecule has 0 aliphatic heterocycles. The van der Waals surface area contributed by atoms with Gasteiger partial charge in [0.15, 0.2) is 23.0 Å². The Hall–Kier alpha value is -7.86. The van der Waals surface area contributed by atoms with Gasteiger partial charge in [-0.25, -0.2) is 28.8 Å². The van der Waals surface area contributed by atoms with Crippen molar-refractivity contribution in [3.05, 3.63) is 168 Å². The molecule has 1 aliphatic carbocycles. The Labute approximate surface area is 352 Å². The highest BCUT2D eigenvalue weighted by molar-refractivity contribution is 5.97. The van der Waals surface area contributed by atoms with Crippen molar-refractivity contribution >= 4 is 35.8 Å². The minimum atomic E-state index is -1.92. The standard InChI is InChI=1S/C49H42O12/c1-25(2)43(50)56-31-21-37(41(60-47(54)29(9)10)39(23-31)58-45(52)27(5)6)49(35-19-15-13-17-33(35)34-18-14-16-20-36(34)49)38-22-32(57-44(51)26(3)4)24-40(59-46(53)28(7)8)42(38)61-48(55)30(11)12/h13-24H,1,3,5,7,9,11H2,2,4,6,8,10,12H3. The number of fused-ring (bicyclic) bond motifs is 3. The second-order valence-corrected chi connectivity index (χ2v) is 14.5. The molecule has 0 amide bonds. The fourth-order valence-corrected chi connectivity index (χ4v) is 6.27. The van der Waals surface area contributed by atoms with Gasteiger partial charge in [-0.1, -0.05) is 88.0 Å². The monoisotopic (exact) mass is 822 g/mol. The van der Waals surface area contributed by atoms with E-state index in [9.17, 15) is 28.8 Å². The summed E-state index contributed by atoms with van der Waals surface area (Å²) in [5.74, 6) is -7.55. The van der Waals surface area contributed by atoms with E-state index in [0.717, 1.165) is 0 Å². The van der Waals surface area contributed by atoms with E-state index >= 15 is 0 Å². The number of ether oxygens (including phenoxy) is 6. The summed E-state index contributed by atoms with van der Waals surface area (Å²) in [6.45, 7) is 30.7. The number of carbonyl (C=O) groups excluding carboxylic acids is 6. The number of carbonyl (C=O) groups is 6. The van der Waals surface area contributed by atoms with Crippen molar-refractivity contribution in [2.45, 2.75) is 47.0 Å². The zero-order valence-corrected chi connectivity index (χ0v) is 34.6. The lowest BCUT2D eigenvalue weighted by molar-refractivity contribution is -0.133. The zero-order chi connectivity index (χ0) is 45.1. The molecule has 310 valence electrons. The van der Waals surface area contributed by atoms with Gasteiger partial charge in [-0.15, -0.1) is 0 Å². The van der Waals surface area contributed by atoms with E-state index in [1.54, 1.807) is 36.4 Å². The van der Waals surface area contributed by atoms with Crippen molar-refractivity contribution in [2.24, 2.45) is 0 Å². The molecule has 0 fully saturated rings. The third-order valence-corrected chi connectivity index (χ3v) is 9.12. The molecule has 0 N–H and O–H groups in total. The first-order valence-corrected chi connectivity index (χ1v) is 18.5. The third kappa shape index (κ3) is 8.79. The lowest BCUT2D eigenvalue weighted by atomic mass is 9.66. The molecular weight excluding hydrogens is 781 g/mol. The third-order valence-electron chi connectivity index (χ3n) is 9.12. The second-order valence-electron chi connectivity index (χ2n) is 14.5. The molecule has 12 nitrogen and oxygen atoms in total. The molecule has 61 heavy (non-hydrogen) atoms. The molecule has 4 aromatic carbocycles. The zero-order valence-electron chi connectivity index (χ0n) is 34.6. The number of rotatable bonds is 14. The van der Waals surface area contributed by atoms with Crippen molar-refractivity contribution in [3.8, 4) is 45.6 Å². The van der Waals surface area contributed by atoms with Crippen LogP contribution in [-0.2, 0) is 34.2 Å². The van der Waals surface area contributed by atoms with E-state index in [2.05, 4.69) is 39.5 Å². The van der Waals surface area contributed by atoms with Gasteiger partial charge in [-0.3, -0.25) is 0 Å². The Morgan fingerprint density at radius 3 is 0.967 bits per heavy atom. The van der Waals surface area contributed by atoms with E-state index in [-0.39, 0.29) is 67.6 Å². The van der Waals surface area contributed by atoms with Gasteiger partial charge >= 0.3 is 35.8 Å². The SMILES string of the molecule is C=C(C)C(=O)Oc1cc(OC(=O)C(=C)C)c(OC(=O)C(=C)C)c(C2(c3cc(OC(=O)C(=C)C)cc(OC(=O)C(=C)C)c3OC(=O)C(=C)C)c3ccccc3-c3ccccc32)c1. The molecule has 0 spiro atoms.